The molecule has 1 atom stereocenters. The van der Waals surface area contributed by atoms with Gasteiger partial charge in [0.2, 0.25) is 0 Å². The van der Waals surface area contributed by atoms with Gasteiger partial charge in [-0.15, -0.1) is 0 Å². The number of ether oxygens (including phenoxy) is 1. The first-order valence-corrected chi connectivity index (χ1v) is 11.9. The lowest BCUT2D eigenvalue weighted by Crippen LogP contribution is -2.30. The van der Waals surface area contributed by atoms with Crippen molar-refractivity contribution < 1.29 is 28.2 Å². The average molecular weight is 512 g/mol. The van der Waals surface area contributed by atoms with E-state index in [4.69, 9.17) is 4.74 Å². The highest BCUT2D eigenvalue weighted by atomic mass is 19.1. The number of hydrogen-bond acceptors (Lipinski definition) is 4. The monoisotopic (exact) mass is 511 g/mol. The molecular formula is C31H23F2NO4. The summed E-state index contributed by atoms with van der Waals surface area (Å²) in [7, 11) is 0. The van der Waals surface area contributed by atoms with Crippen LogP contribution in [0.5, 0.6) is 5.75 Å². The number of aliphatic hydroxyl groups excluding tert-OH is 1. The van der Waals surface area contributed by atoms with Crippen molar-refractivity contribution in [1.29, 1.82) is 0 Å². The SMILES string of the molecule is Cc1cc(/C(O)=C2\C(=O)C(=O)N(c3ccc(F)cc3F)C2c2ccccc2)ccc1OCc1ccccc1. The van der Waals surface area contributed by atoms with Crippen LogP contribution < -0.4 is 9.64 Å². The fourth-order valence-electron chi connectivity index (χ4n) is 4.56. The molecule has 4 aromatic rings. The molecule has 1 aliphatic heterocycles. The zero-order valence-corrected chi connectivity index (χ0v) is 20.4. The number of benzene rings is 4. The quantitative estimate of drug-likeness (QED) is 0.183. The Balaban J connectivity index is 1.56. The minimum atomic E-state index is -1.12. The van der Waals surface area contributed by atoms with Crippen LogP contribution in [-0.4, -0.2) is 16.8 Å². The molecule has 1 N–H and O–H groups in total. The third kappa shape index (κ3) is 4.66. The Morgan fingerprint density at radius 1 is 0.895 bits per heavy atom. The maximum Gasteiger partial charge on any atom is 0.300 e. The van der Waals surface area contributed by atoms with Gasteiger partial charge in [0.1, 0.15) is 29.8 Å². The third-order valence-corrected chi connectivity index (χ3v) is 6.41. The average Bonchev–Trinajstić information content (AvgIpc) is 3.18. The molecule has 1 unspecified atom stereocenters. The number of amides is 1. The molecule has 4 aromatic carbocycles. The Bertz CT molecular complexity index is 1550. The van der Waals surface area contributed by atoms with Crippen LogP contribution in [-0.2, 0) is 16.2 Å². The lowest BCUT2D eigenvalue weighted by molar-refractivity contribution is -0.132. The Morgan fingerprint density at radius 3 is 2.24 bits per heavy atom. The summed E-state index contributed by atoms with van der Waals surface area (Å²) in [5.41, 5.74) is 2.03. The molecule has 7 heteroatoms. The zero-order chi connectivity index (χ0) is 26.8. The van der Waals surface area contributed by atoms with Gasteiger partial charge >= 0.3 is 0 Å². The van der Waals surface area contributed by atoms with Gasteiger partial charge in [-0.2, -0.15) is 0 Å². The van der Waals surface area contributed by atoms with Crippen LogP contribution in [0.1, 0.15) is 28.3 Å². The molecule has 0 aliphatic carbocycles. The van der Waals surface area contributed by atoms with E-state index in [0.717, 1.165) is 22.6 Å². The number of rotatable bonds is 6. The minimum absolute atomic E-state index is 0.192. The second-order valence-electron chi connectivity index (χ2n) is 8.93. The number of Topliss-reactive ketones (excluding diaryl/α,β-unsaturated/α-hetero) is 1. The molecule has 1 amide bonds. The molecule has 0 saturated carbocycles. The molecule has 1 aliphatic rings. The van der Waals surface area contributed by atoms with E-state index in [-0.39, 0.29) is 11.3 Å². The van der Waals surface area contributed by atoms with E-state index in [0.29, 0.717) is 35.1 Å². The highest BCUT2D eigenvalue weighted by Gasteiger charge is 2.47. The van der Waals surface area contributed by atoms with Gasteiger partial charge < -0.3 is 9.84 Å². The number of aryl methyl sites for hydroxylation is 1. The summed E-state index contributed by atoms with van der Waals surface area (Å²) in [6, 6.07) is 24.7. The second kappa shape index (κ2) is 10.3. The molecular weight excluding hydrogens is 488 g/mol. The standard InChI is InChI=1S/C31H23F2NO4/c1-19-16-22(12-15-26(19)38-18-20-8-4-2-5-9-20)29(35)27-28(21-10-6-3-7-11-21)34(31(37)30(27)36)25-14-13-23(32)17-24(25)33/h2-17,28,35H,18H2,1H3/b29-27+. The van der Waals surface area contributed by atoms with Crippen molar-refractivity contribution in [2.24, 2.45) is 0 Å². The first-order chi connectivity index (χ1) is 18.3. The Labute approximate surface area is 218 Å². The molecule has 0 aromatic heterocycles. The summed E-state index contributed by atoms with van der Waals surface area (Å²) < 4.78 is 34.3. The van der Waals surface area contributed by atoms with Crippen molar-refractivity contribution in [2.75, 3.05) is 4.90 Å². The van der Waals surface area contributed by atoms with Gasteiger partial charge in [-0.25, -0.2) is 8.78 Å². The van der Waals surface area contributed by atoms with E-state index in [9.17, 15) is 23.5 Å². The van der Waals surface area contributed by atoms with Crippen molar-refractivity contribution >= 4 is 23.1 Å². The summed E-state index contributed by atoms with van der Waals surface area (Å²) in [6.45, 7) is 2.16. The number of nitrogens with zero attached hydrogens (tertiary/aromatic N) is 1. The number of aliphatic hydroxyl groups is 1. The minimum Gasteiger partial charge on any atom is -0.507 e. The van der Waals surface area contributed by atoms with Gasteiger partial charge in [-0.1, -0.05) is 60.7 Å². The van der Waals surface area contributed by atoms with Crippen LogP contribution in [0.25, 0.3) is 5.76 Å². The molecule has 1 fully saturated rings. The zero-order valence-electron chi connectivity index (χ0n) is 20.4. The summed E-state index contributed by atoms with van der Waals surface area (Å²) in [5, 5.41) is 11.3. The van der Waals surface area contributed by atoms with Gasteiger partial charge in [0.15, 0.2) is 0 Å². The van der Waals surface area contributed by atoms with E-state index in [2.05, 4.69) is 0 Å². The van der Waals surface area contributed by atoms with E-state index < -0.39 is 35.1 Å². The van der Waals surface area contributed by atoms with E-state index in [1.807, 2.05) is 30.3 Å². The van der Waals surface area contributed by atoms with Crippen LogP contribution in [0.3, 0.4) is 0 Å². The predicted octanol–water partition coefficient (Wildman–Crippen LogP) is 6.48. The van der Waals surface area contributed by atoms with Crippen molar-refractivity contribution in [3.8, 4) is 5.75 Å². The normalized spacial score (nSPS) is 16.6. The number of carbonyl (C=O) groups excluding carboxylic acids is 2. The van der Waals surface area contributed by atoms with Crippen molar-refractivity contribution in [3.05, 3.63) is 137 Å². The van der Waals surface area contributed by atoms with Crippen molar-refractivity contribution in [2.45, 2.75) is 19.6 Å². The topological polar surface area (TPSA) is 66.8 Å². The highest BCUT2D eigenvalue weighted by Crippen LogP contribution is 2.43. The van der Waals surface area contributed by atoms with E-state index in [1.165, 1.54) is 0 Å². The summed E-state index contributed by atoms with van der Waals surface area (Å²) in [6.07, 6.45) is 0. The largest absolute Gasteiger partial charge is 0.507 e. The number of halogens is 2. The molecule has 1 heterocycles. The Morgan fingerprint density at radius 2 is 1.58 bits per heavy atom. The van der Waals surface area contributed by atoms with Crippen molar-refractivity contribution in [1.82, 2.24) is 0 Å². The molecule has 38 heavy (non-hydrogen) atoms. The van der Waals surface area contributed by atoms with E-state index >= 15 is 0 Å². The molecule has 1 saturated heterocycles. The Kier molecular flexibility index (Phi) is 6.75. The van der Waals surface area contributed by atoms with Gasteiger partial charge in [-0.05, 0) is 53.9 Å². The van der Waals surface area contributed by atoms with Crippen LogP contribution >= 0.6 is 0 Å². The fraction of sp³-hybridized carbons (Fsp3) is 0.0968. The van der Waals surface area contributed by atoms with Gasteiger partial charge in [-0.3, -0.25) is 14.5 Å². The molecule has 190 valence electrons. The van der Waals surface area contributed by atoms with Crippen LogP contribution in [0, 0.1) is 18.6 Å². The first-order valence-electron chi connectivity index (χ1n) is 11.9. The lowest BCUT2D eigenvalue weighted by Gasteiger charge is -2.25. The van der Waals surface area contributed by atoms with Crippen LogP contribution in [0.15, 0.2) is 103 Å². The smallest absolute Gasteiger partial charge is 0.300 e. The predicted molar refractivity (Wildman–Crippen MR) is 140 cm³/mol. The fourth-order valence-corrected chi connectivity index (χ4v) is 4.56. The maximum absolute atomic E-state index is 14.8. The lowest BCUT2D eigenvalue weighted by atomic mass is 9.94. The number of carbonyl (C=O) groups is 2. The number of anilines is 1. The first kappa shape index (κ1) is 24.9. The highest BCUT2D eigenvalue weighted by molar-refractivity contribution is 6.51. The van der Waals surface area contributed by atoms with Gasteiger partial charge in [0.05, 0.1) is 17.3 Å². The summed E-state index contributed by atoms with van der Waals surface area (Å²) in [4.78, 5) is 27.4. The third-order valence-electron chi connectivity index (χ3n) is 6.41. The molecule has 0 spiro atoms. The Hall–Kier alpha value is -4.78. The molecule has 5 nitrogen and oxygen atoms in total. The second-order valence-corrected chi connectivity index (χ2v) is 8.93. The van der Waals surface area contributed by atoms with Crippen LogP contribution in [0.2, 0.25) is 0 Å². The molecule has 0 bridgehead atoms. The summed E-state index contributed by atoms with van der Waals surface area (Å²) >= 11 is 0. The van der Waals surface area contributed by atoms with Gasteiger partial charge in [0.25, 0.3) is 11.7 Å². The maximum atomic E-state index is 14.8. The number of ketones is 1. The molecule has 5 rings (SSSR count). The molecule has 0 radical (unpaired) electrons. The van der Waals surface area contributed by atoms with E-state index in [1.54, 1.807) is 55.5 Å². The van der Waals surface area contributed by atoms with Crippen LogP contribution in [0.4, 0.5) is 14.5 Å². The van der Waals surface area contributed by atoms with Crippen molar-refractivity contribution in [3.63, 3.8) is 0 Å². The number of hydrogen-bond donors (Lipinski definition) is 1. The summed E-state index contributed by atoms with van der Waals surface area (Å²) in [5.74, 6) is -3.61. The van der Waals surface area contributed by atoms with Gasteiger partial charge in [0, 0.05) is 11.6 Å².